The first-order valence-electron chi connectivity index (χ1n) is 6.63. The van der Waals surface area contributed by atoms with E-state index in [1.54, 1.807) is 12.1 Å². The Morgan fingerprint density at radius 2 is 2.09 bits per heavy atom. The largest absolute Gasteiger partial charge is 0.493 e. The van der Waals surface area contributed by atoms with E-state index in [9.17, 15) is 14.0 Å². The number of nitrogens with two attached hydrogens (primary N) is 1. The van der Waals surface area contributed by atoms with Crippen LogP contribution < -0.4 is 21.1 Å². The van der Waals surface area contributed by atoms with Crippen molar-refractivity contribution in [3.63, 3.8) is 0 Å². The number of halogens is 1. The number of nitrogens with zero attached hydrogens (tertiary/aromatic N) is 1. The Morgan fingerprint density at radius 3 is 2.74 bits per heavy atom. The number of ether oxygens (including phenoxy) is 1. The maximum atomic E-state index is 13.9. The van der Waals surface area contributed by atoms with Crippen molar-refractivity contribution >= 4 is 23.4 Å². The zero-order chi connectivity index (χ0) is 16.8. The normalized spacial score (nSPS) is 10.0. The Morgan fingerprint density at radius 1 is 1.30 bits per heavy atom. The number of carbonyl (C=O) groups is 2. The van der Waals surface area contributed by atoms with Crippen molar-refractivity contribution < 1.29 is 18.7 Å². The van der Waals surface area contributed by atoms with E-state index in [2.05, 4.69) is 15.6 Å². The number of carbonyl (C=O) groups excluding carboxylic acids is 2. The fourth-order valence-electron chi connectivity index (χ4n) is 1.88. The van der Waals surface area contributed by atoms with Crippen LogP contribution in [0.15, 0.2) is 36.5 Å². The smallest absolute Gasteiger partial charge is 0.325 e. The summed E-state index contributed by atoms with van der Waals surface area (Å²) >= 11 is 0. The van der Waals surface area contributed by atoms with E-state index in [1.807, 2.05) is 0 Å². The van der Waals surface area contributed by atoms with Crippen molar-refractivity contribution in [2.24, 2.45) is 5.73 Å². The predicted molar refractivity (Wildman–Crippen MR) is 82.7 cm³/mol. The Kier molecular flexibility index (Phi) is 5.08. The van der Waals surface area contributed by atoms with Gasteiger partial charge in [-0.3, -0.25) is 10.1 Å². The number of hydrogen-bond donors (Lipinski definition) is 3. The van der Waals surface area contributed by atoms with Crippen molar-refractivity contribution in [1.29, 1.82) is 0 Å². The van der Waals surface area contributed by atoms with Gasteiger partial charge in [-0.1, -0.05) is 6.07 Å². The second-order valence-corrected chi connectivity index (χ2v) is 4.59. The number of rotatable bonds is 5. The number of pyridine rings is 1. The molecule has 0 aliphatic heterocycles. The highest BCUT2D eigenvalue weighted by molar-refractivity contribution is 6.00. The van der Waals surface area contributed by atoms with Gasteiger partial charge in [-0.05, 0) is 29.8 Å². The van der Waals surface area contributed by atoms with Crippen LogP contribution in [0.25, 0.3) is 0 Å². The number of nitrogens with one attached hydrogen (secondary N) is 2. The van der Waals surface area contributed by atoms with Gasteiger partial charge in [0.2, 0.25) is 5.91 Å². The molecule has 4 N–H and O–H groups in total. The molecule has 7 nitrogen and oxygen atoms in total. The molecule has 3 amide bonds. The molecule has 0 bridgehead atoms. The molecule has 120 valence electrons. The van der Waals surface area contributed by atoms with Crippen LogP contribution in [0.1, 0.15) is 5.56 Å². The van der Waals surface area contributed by atoms with Crippen LogP contribution in [-0.2, 0) is 11.2 Å². The van der Waals surface area contributed by atoms with Crippen LogP contribution in [0.3, 0.4) is 0 Å². The van der Waals surface area contributed by atoms with Crippen molar-refractivity contribution in [2.75, 3.05) is 17.7 Å². The molecule has 0 saturated carbocycles. The Bertz CT molecular complexity index is 736. The molecule has 2 aromatic rings. The van der Waals surface area contributed by atoms with Gasteiger partial charge in [0.1, 0.15) is 5.82 Å². The molecule has 0 radical (unpaired) electrons. The summed E-state index contributed by atoms with van der Waals surface area (Å²) < 4.78 is 19.0. The monoisotopic (exact) mass is 318 g/mol. The van der Waals surface area contributed by atoms with Crippen LogP contribution in [-0.4, -0.2) is 24.0 Å². The molecule has 0 aliphatic rings. The molecule has 8 heteroatoms. The average molecular weight is 318 g/mol. The Balaban J connectivity index is 2.07. The first kappa shape index (κ1) is 16.2. The summed E-state index contributed by atoms with van der Waals surface area (Å²) in [5.41, 5.74) is 5.43. The van der Waals surface area contributed by atoms with Crippen LogP contribution >= 0.6 is 0 Å². The van der Waals surface area contributed by atoms with Crippen LogP contribution in [0.5, 0.6) is 5.75 Å². The molecule has 0 atom stereocenters. The minimum atomic E-state index is -0.677. The minimum Gasteiger partial charge on any atom is -0.493 e. The Labute approximate surface area is 131 Å². The lowest BCUT2D eigenvalue weighted by atomic mass is 10.1. The van der Waals surface area contributed by atoms with E-state index in [1.165, 1.54) is 25.4 Å². The predicted octanol–water partition coefficient (Wildman–Crippen LogP) is 1.90. The molecule has 23 heavy (non-hydrogen) atoms. The number of amides is 3. The van der Waals surface area contributed by atoms with Gasteiger partial charge in [-0.25, -0.2) is 14.2 Å². The standard InChI is InChI=1S/C15H15FN4O3/c1-23-12-3-2-6-18-14(12)20-15(22)19-11-5-4-9(7-10(11)16)8-13(17)21/h2-7H,8H2,1H3,(H2,17,21)(H2,18,19,20,22). The van der Waals surface area contributed by atoms with E-state index in [4.69, 9.17) is 10.5 Å². The maximum absolute atomic E-state index is 13.9. The molecular weight excluding hydrogens is 303 g/mol. The third kappa shape index (κ3) is 4.40. The zero-order valence-corrected chi connectivity index (χ0v) is 12.3. The highest BCUT2D eigenvalue weighted by atomic mass is 19.1. The highest BCUT2D eigenvalue weighted by Crippen LogP contribution is 2.21. The average Bonchev–Trinajstić information content (AvgIpc) is 2.50. The quantitative estimate of drug-likeness (QED) is 0.782. The summed E-state index contributed by atoms with van der Waals surface area (Å²) in [5, 5.41) is 4.81. The first-order chi connectivity index (χ1) is 11.0. The lowest BCUT2D eigenvalue weighted by molar-refractivity contribution is -0.117. The number of anilines is 2. The zero-order valence-electron chi connectivity index (χ0n) is 12.3. The van der Waals surface area contributed by atoms with Gasteiger partial charge in [0.25, 0.3) is 0 Å². The summed E-state index contributed by atoms with van der Waals surface area (Å²) in [6, 6.07) is 6.60. The van der Waals surface area contributed by atoms with Gasteiger partial charge in [0, 0.05) is 6.20 Å². The number of hydrogen-bond acceptors (Lipinski definition) is 4. The minimum absolute atomic E-state index is 0.0365. The number of benzene rings is 1. The third-order valence-electron chi connectivity index (χ3n) is 2.88. The molecule has 1 aromatic heterocycles. The summed E-state index contributed by atoms with van der Waals surface area (Å²) in [4.78, 5) is 26.7. The van der Waals surface area contributed by atoms with Crippen molar-refractivity contribution in [1.82, 2.24) is 4.98 Å². The lowest BCUT2D eigenvalue weighted by Crippen LogP contribution is -2.21. The van der Waals surface area contributed by atoms with Gasteiger partial charge < -0.3 is 15.8 Å². The second-order valence-electron chi connectivity index (χ2n) is 4.59. The summed E-state index contributed by atoms with van der Waals surface area (Å²) in [7, 11) is 1.44. The maximum Gasteiger partial charge on any atom is 0.325 e. The van der Waals surface area contributed by atoms with Gasteiger partial charge in [-0.2, -0.15) is 0 Å². The fourth-order valence-corrected chi connectivity index (χ4v) is 1.88. The van der Waals surface area contributed by atoms with Crippen molar-refractivity contribution in [2.45, 2.75) is 6.42 Å². The Hall–Kier alpha value is -3.16. The second kappa shape index (κ2) is 7.21. The molecule has 0 aliphatic carbocycles. The van der Waals surface area contributed by atoms with Crippen molar-refractivity contribution in [3.8, 4) is 5.75 Å². The molecule has 0 unspecified atom stereocenters. The van der Waals surface area contributed by atoms with E-state index in [0.717, 1.165) is 6.07 Å². The van der Waals surface area contributed by atoms with Crippen molar-refractivity contribution in [3.05, 3.63) is 47.9 Å². The number of primary amides is 1. The highest BCUT2D eigenvalue weighted by Gasteiger charge is 2.11. The molecular formula is C15H15FN4O3. The molecule has 0 saturated heterocycles. The van der Waals surface area contributed by atoms with Crippen LogP contribution in [0.4, 0.5) is 20.7 Å². The SMILES string of the molecule is COc1cccnc1NC(=O)Nc1ccc(CC(N)=O)cc1F. The van der Waals surface area contributed by atoms with E-state index >= 15 is 0 Å². The number of urea groups is 1. The molecule has 0 fully saturated rings. The number of aromatic nitrogens is 1. The van der Waals surface area contributed by atoms with Crippen LogP contribution in [0, 0.1) is 5.82 Å². The van der Waals surface area contributed by atoms with Gasteiger partial charge in [0.15, 0.2) is 11.6 Å². The third-order valence-corrected chi connectivity index (χ3v) is 2.88. The van der Waals surface area contributed by atoms with E-state index in [-0.39, 0.29) is 17.9 Å². The lowest BCUT2D eigenvalue weighted by Gasteiger charge is -2.11. The van der Waals surface area contributed by atoms with Crippen LogP contribution in [0.2, 0.25) is 0 Å². The fraction of sp³-hybridized carbons (Fsp3) is 0.133. The van der Waals surface area contributed by atoms with Gasteiger partial charge in [0.05, 0.1) is 19.2 Å². The van der Waals surface area contributed by atoms with E-state index < -0.39 is 17.8 Å². The van der Waals surface area contributed by atoms with Gasteiger partial charge >= 0.3 is 6.03 Å². The summed E-state index contributed by atoms with van der Waals surface area (Å²) in [6.45, 7) is 0. The molecule has 0 spiro atoms. The molecule has 1 heterocycles. The summed E-state index contributed by atoms with van der Waals surface area (Å²) in [6.07, 6.45) is 1.41. The first-order valence-corrected chi connectivity index (χ1v) is 6.63. The topological polar surface area (TPSA) is 106 Å². The van der Waals surface area contributed by atoms with Gasteiger partial charge in [-0.15, -0.1) is 0 Å². The molecule has 1 aromatic carbocycles. The summed E-state index contributed by atoms with van der Waals surface area (Å²) in [5.74, 6) is -0.657. The van der Waals surface area contributed by atoms with E-state index in [0.29, 0.717) is 11.3 Å². The number of methoxy groups -OCH3 is 1. The molecule has 2 rings (SSSR count).